The molecule has 30 heavy (non-hydrogen) atoms. The number of aromatic nitrogens is 1. The highest BCUT2D eigenvalue weighted by Gasteiger charge is 2.21. The Labute approximate surface area is 175 Å². The van der Waals surface area contributed by atoms with Crippen LogP contribution in [0.3, 0.4) is 0 Å². The van der Waals surface area contributed by atoms with Gasteiger partial charge in [0.25, 0.3) is 0 Å². The van der Waals surface area contributed by atoms with Gasteiger partial charge in [-0.3, -0.25) is 4.79 Å². The van der Waals surface area contributed by atoms with E-state index in [-0.39, 0.29) is 17.1 Å². The molecule has 0 aliphatic carbocycles. The number of aryl methyl sites for hydroxylation is 3. The number of nitrogens with zero attached hydrogens (tertiary/aromatic N) is 1. The second-order valence-corrected chi connectivity index (χ2v) is 9.36. The van der Waals surface area contributed by atoms with Gasteiger partial charge in [-0.05, 0) is 63.1 Å². The van der Waals surface area contributed by atoms with Crippen molar-refractivity contribution in [3.63, 3.8) is 0 Å². The van der Waals surface area contributed by atoms with Crippen LogP contribution in [0.5, 0.6) is 0 Å². The number of amides is 1. The number of benzene rings is 2. The minimum Gasteiger partial charge on any atom is -0.356 e. The van der Waals surface area contributed by atoms with E-state index in [4.69, 9.17) is 4.52 Å². The molecule has 0 fully saturated rings. The Bertz CT molecular complexity index is 1220. The molecule has 0 atom stereocenters. The molecule has 3 aromatic rings. The Morgan fingerprint density at radius 1 is 1.07 bits per heavy atom. The molecule has 0 bridgehead atoms. The topological polar surface area (TPSA) is 89.3 Å². The van der Waals surface area contributed by atoms with Gasteiger partial charge >= 0.3 is 0 Å². The number of anilines is 1. The summed E-state index contributed by atoms with van der Waals surface area (Å²) in [6, 6.07) is 9.04. The van der Waals surface area contributed by atoms with Crippen molar-refractivity contribution >= 4 is 21.4 Å². The molecular formula is C22H23FN2O4S. The summed E-state index contributed by atoms with van der Waals surface area (Å²) in [6.07, 6.45) is -0.219. The van der Waals surface area contributed by atoms with Gasteiger partial charge in [0, 0.05) is 23.2 Å². The molecule has 0 radical (unpaired) electrons. The number of carbonyl (C=O) groups is 1. The van der Waals surface area contributed by atoms with Crippen LogP contribution in [0.15, 0.2) is 45.8 Å². The average Bonchev–Trinajstić information content (AvgIpc) is 3.02. The van der Waals surface area contributed by atoms with Crippen LogP contribution >= 0.6 is 0 Å². The van der Waals surface area contributed by atoms with Crippen LogP contribution in [-0.4, -0.2) is 25.2 Å². The highest BCUT2D eigenvalue weighted by molar-refractivity contribution is 7.91. The lowest BCUT2D eigenvalue weighted by Crippen LogP contribution is -2.18. The molecular weight excluding hydrogens is 407 g/mol. The highest BCUT2D eigenvalue weighted by atomic mass is 32.2. The fourth-order valence-corrected chi connectivity index (χ4v) is 4.62. The summed E-state index contributed by atoms with van der Waals surface area (Å²) in [5.41, 5.74) is 3.80. The molecule has 2 aromatic carbocycles. The van der Waals surface area contributed by atoms with Gasteiger partial charge in [0.2, 0.25) is 5.91 Å². The Hall–Kier alpha value is -3.00. The first-order valence-corrected chi connectivity index (χ1v) is 11.1. The van der Waals surface area contributed by atoms with Crippen LogP contribution in [0.4, 0.5) is 10.1 Å². The summed E-state index contributed by atoms with van der Waals surface area (Å²) in [7, 11) is -3.71. The number of sulfone groups is 1. The zero-order valence-electron chi connectivity index (χ0n) is 17.2. The normalized spacial score (nSPS) is 11.5. The van der Waals surface area contributed by atoms with E-state index in [9.17, 15) is 17.6 Å². The molecule has 1 amide bonds. The maximum absolute atomic E-state index is 13.2. The van der Waals surface area contributed by atoms with Crippen LogP contribution in [0.25, 0.3) is 11.3 Å². The van der Waals surface area contributed by atoms with E-state index in [1.54, 1.807) is 32.0 Å². The van der Waals surface area contributed by atoms with Gasteiger partial charge in [-0.2, -0.15) is 0 Å². The van der Waals surface area contributed by atoms with Crippen molar-refractivity contribution in [3.8, 4) is 11.3 Å². The molecule has 1 heterocycles. The van der Waals surface area contributed by atoms with E-state index in [0.717, 1.165) is 11.3 Å². The summed E-state index contributed by atoms with van der Waals surface area (Å²) in [5, 5.41) is 6.55. The second-order valence-electron chi connectivity index (χ2n) is 7.28. The predicted octanol–water partition coefficient (Wildman–Crippen LogP) is 4.52. The maximum atomic E-state index is 13.2. The van der Waals surface area contributed by atoms with Crippen molar-refractivity contribution in [2.75, 3.05) is 11.1 Å². The van der Waals surface area contributed by atoms with E-state index in [1.807, 2.05) is 13.8 Å². The Kier molecular flexibility index (Phi) is 6.07. The lowest BCUT2D eigenvalue weighted by atomic mass is 10.1. The standard InChI is InChI=1S/C22H23FN2O4S/c1-13-5-6-17(22-15(3)16(4)25-29-22)12-20(13)30(27,28)10-9-21(26)24-19-8-7-18(23)11-14(19)2/h5-8,11-12H,9-10H2,1-4H3,(H,24,26). The molecule has 6 nitrogen and oxygen atoms in total. The van der Waals surface area contributed by atoms with Crippen LogP contribution in [0, 0.1) is 33.5 Å². The number of carbonyl (C=O) groups excluding carboxylic acids is 1. The Morgan fingerprint density at radius 3 is 2.43 bits per heavy atom. The molecule has 0 spiro atoms. The smallest absolute Gasteiger partial charge is 0.225 e. The van der Waals surface area contributed by atoms with Crippen molar-refractivity contribution in [3.05, 3.63) is 64.6 Å². The number of hydrogen-bond donors (Lipinski definition) is 1. The second kappa shape index (κ2) is 8.39. The third-order valence-corrected chi connectivity index (χ3v) is 6.85. The first-order chi connectivity index (χ1) is 14.1. The van der Waals surface area contributed by atoms with Crippen molar-refractivity contribution in [1.82, 2.24) is 5.16 Å². The quantitative estimate of drug-likeness (QED) is 0.621. The van der Waals surface area contributed by atoms with Crippen LogP contribution < -0.4 is 5.32 Å². The van der Waals surface area contributed by atoms with E-state index < -0.39 is 21.6 Å². The molecule has 0 unspecified atom stereocenters. The Balaban J connectivity index is 1.77. The monoisotopic (exact) mass is 430 g/mol. The number of nitrogens with one attached hydrogen (secondary N) is 1. The van der Waals surface area contributed by atoms with Crippen LogP contribution in [-0.2, 0) is 14.6 Å². The third kappa shape index (κ3) is 4.59. The number of halogens is 1. The average molecular weight is 431 g/mol. The SMILES string of the molecule is Cc1cc(F)ccc1NC(=O)CCS(=O)(=O)c1cc(-c2onc(C)c2C)ccc1C. The van der Waals surface area contributed by atoms with Crippen LogP contribution in [0.1, 0.15) is 28.8 Å². The molecule has 1 aromatic heterocycles. The molecule has 0 saturated heterocycles. The van der Waals surface area contributed by atoms with E-state index in [1.165, 1.54) is 18.2 Å². The zero-order chi connectivity index (χ0) is 22.1. The molecule has 8 heteroatoms. The molecule has 0 aliphatic rings. The van der Waals surface area contributed by atoms with Gasteiger partial charge in [-0.25, -0.2) is 12.8 Å². The van der Waals surface area contributed by atoms with Gasteiger partial charge in [-0.1, -0.05) is 17.3 Å². The number of rotatable bonds is 6. The van der Waals surface area contributed by atoms with Gasteiger partial charge in [0.1, 0.15) is 5.82 Å². The fourth-order valence-electron chi connectivity index (χ4n) is 3.08. The summed E-state index contributed by atoms with van der Waals surface area (Å²) in [5.74, 6) is -0.685. The lowest BCUT2D eigenvalue weighted by Gasteiger charge is -2.11. The Morgan fingerprint density at radius 2 is 1.80 bits per heavy atom. The van der Waals surface area contributed by atoms with Crippen molar-refractivity contribution in [2.45, 2.75) is 39.0 Å². The van der Waals surface area contributed by atoms with Gasteiger partial charge in [0.05, 0.1) is 16.3 Å². The minimum atomic E-state index is -3.71. The summed E-state index contributed by atoms with van der Waals surface area (Å²) in [4.78, 5) is 12.4. The number of hydrogen-bond acceptors (Lipinski definition) is 5. The summed E-state index contributed by atoms with van der Waals surface area (Å²) < 4.78 is 44.4. The first-order valence-electron chi connectivity index (χ1n) is 9.41. The highest BCUT2D eigenvalue weighted by Crippen LogP contribution is 2.29. The molecule has 3 rings (SSSR count). The third-order valence-electron chi connectivity index (χ3n) is 5.00. The van der Waals surface area contributed by atoms with Crippen molar-refractivity contribution < 1.29 is 22.1 Å². The van der Waals surface area contributed by atoms with E-state index in [2.05, 4.69) is 10.5 Å². The molecule has 1 N–H and O–H groups in total. The van der Waals surface area contributed by atoms with Gasteiger partial charge in [-0.15, -0.1) is 0 Å². The van der Waals surface area contributed by atoms with E-state index >= 15 is 0 Å². The maximum Gasteiger partial charge on any atom is 0.225 e. The van der Waals surface area contributed by atoms with Crippen LogP contribution in [0.2, 0.25) is 0 Å². The molecule has 0 saturated carbocycles. The van der Waals surface area contributed by atoms with Gasteiger partial charge < -0.3 is 9.84 Å². The largest absolute Gasteiger partial charge is 0.356 e. The zero-order valence-corrected chi connectivity index (χ0v) is 18.1. The summed E-state index contributed by atoms with van der Waals surface area (Å²) >= 11 is 0. The van der Waals surface area contributed by atoms with Crippen molar-refractivity contribution in [2.24, 2.45) is 0 Å². The molecule has 0 aliphatic heterocycles. The van der Waals surface area contributed by atoms with E-state index in [0.29, 0.717) is 28.1 Å². The first kappa shape index (κ1) is 21.7. The lowest BCUT2D eigenvalue weighted by molar-refractivity contribution is -0.115. The van der Waals surface area contributed by atoms with Crippen molar-refractivity contribution in [1.29, 1.82) is 0 Å². The molecule has 158 valence electrons. The summed E-state index contributed by atoms with van der Waals surface area (Å²) in [6.45, 7) is 7.04. The van der Waals surface area contributed by atoms with Gasteiger partial charge in [0.15, 0.2) is 15.6 Å². The minimum absolute atomic E-state index is 0.152. The predicted molar refractivity (Wildman–Crippen MR) is 113 cm³/mol. The fraction of sp³-hybridized carbons (Fsp3) is 0.273.